The number of amides is 1. The van der Waals surface area contributed by atoms with Crippen molar-refractivity contribution in [1.82, 2.24) is 13.9 Å². The number of rotatable bonds is 4. The van der Waals surface area contributed by atoms with Gasteiger partial charge in [-0.05, 0) is 18.4 Å². The molecule has 1 aromatic carbocycles. The molecule has 7 heteroatoms. The highest BCUT2D eigenvalue weighted by molar-refractivity contribution is 7.87. The lowest BCUT2D eigenvalue weighted by atomic mass is 9.95. The molecule has 2 aliphatic rings. The molecule has 132 valence electrons. The van der Waals surface area contributed by atoms with E-state index in [-0.39, 0.29) is 17.9 Å². The monoisotopic (exact) mass is 351 g/mol. The van der Waals surface area contributed by atoms with E-state index < -0.39 is 10.2 Å². The van der Waals surface area contributed by atoms with Crippen LogP contribution in [0.5, 0.6) is 0 Å². The molecule has 0 aromatic heterocycles. The summed E-state index contributed by atoms with van der Waals surface area (Å²) < 4.78 is 29.8. The van der Waals surface area contributed by atoms with Gasteiger partial charge in [0, 0.05) is 45.1 Å². The molecule has 2 aliphatic heterocycles. The van der Waals surface area contributed by atoms with Gasteiger partial charge in [0.2, 0.25) is 5.91 Å². The van der Waals surface area contributed by atoms with E-state index in [4.69, 9.17) is 0 Å². The summed E-state index contributed by atoms with van der Waals surface area (Å²) in [5, 5.41) is 0. The van der Waals surface area contributed by atoms with E-state index in [9.17, 15) is 13.2 Å². The molecule has 1 amide bonds. The Balaban J connectivity index is 1.79. The average molecular weight is 351 g/mol. The first-order valence-electron chi connectivity index (χ1n) is 8.55. The summed E-state index contributed by atoms with van der Waals surface area (Å²) in [4.78, 5) is 13.5. The van der Waals surface area contributed by atoms with Gasteiger partial charge in [0.25, 0.3) is 10.2 Å². The fourth-order valence-corrected chi connectivity index (χ4v) is 5.10. The van der Waals surface area contributed by atoms with Crippen LogP contribution in [0, 0.1) is 0 Å². The van der Waals surface area contributed by atoms with Gasteiger partial charge in [-0.1, -0.05) is 36.8 Å². The zero-order chi connectivity index (χ0) is 17.2. The van der Waals surface area contributed by atoms with Crippen molar-refractivity contribution >= 4 is 16.1 Å². The van der Waals surface area contributed by atoms with Crippen LogP contribution >= 0.6 is 0 Å². The summed E-state index contributed by atoms with van der Waals surface area (Å²) >= 11 is 0. The van der Waals surface area contributed by atoms with Crippen LogP contribution in [0.3, 0.4) is 0 Å². The molecule has 2 saturated heterocycles. The summed E-state index contributed by atoms with van der Waals surface area (Å²) in [6.07, 6.45) is 2.90. The summed E-state index contributed by atoms with van der Waals surface area (Å²) in [7, 11) is -3.51. The Morgan fingerprint density at radius 3 is 2.38 bits per heavy atom. The highest BCUT2D eigenvalue weighted by atomic mass is 32.2. The predicted molar refractivity (Wildman–Crippen MR) is 92.7 cm³/mol. The first-order chi connectivity index (χ1) is 11.5. The third-order valence-electron chi connectivity index (χ3n) is 4.95. The third kappa shape index (κ3) is 3.79. The van der Waals surface area contributed by atoms with E-state index in [0.29, 0.717) is 26.2 Å². The highest BCUT2D eigenvalue weighted by Crippen LogP contribution is 2.28. The Labute approximate surface area is 144 Å². The minimum absolute atomic E-state index is 0.0180. The number of piperidine rings is 1. The van der Waals surface area contributed by atoms with Gasteiger partial charge in [-0.3, -0.25) is 4.79 Å². The quantitative estimate of drug-likeness (QED) is 0.889. The summed E-state index contributed by atoms with van der Waals surface area (Å²) in [6.45, 7) is 3.65. The average Bonchev–Trinajstić information content (AvgIpc) is 3.00. The van der Waals surface area contributed by atoms with E-state index >= 15 is 0 Å². The molecule has 0 unspecified atom stereocenters. The zero-order valence-electron chi connectivity index (χ0n) is 14.0. The van der Waals surface area contributed by atoms with Gasteiger partial charge in [0.15, 0.2) is 0 Å². The lowest BCUT2D eigenvalue weighted by Gasteiger charge is -2.29. The van der Waals surface area contributed by atoms with Gasteiger partial charge in [-0.15, -0.1) is 0 Å². The van der Waals surface area contributed by atoms with Crippen LogP contribution in [-0.2, 0) is 15.0 Å². The number of hydrogen-bond acceptors (Lipinski definition) is 3. The van der Waals surface area contributed by atoms with Crippen LogP contribution in [0.25, 0.3) is 0 Å². The van der Waals surface area contributed by atoms with Gasteiger partial charge < -0.3 is 4.90 Å². The van der Waals surface area contributed by atoms with E-state index in [1.807, 2.05) is 30.3 Å². The van der Waals surface area contributed by atoms with Gasteiger partial charge in [-0.25, -0.2) is 0 Å². The number of nitrogens with zero attached hydrogens (tertiary/aromatic N) is 2. The predicted octanol–water partition coefficient (Wildman–Crippen LogP) is 1.32. The third-order valence-corrected chi connectivity index (χ3v) is 6.59. The molecule has 1 N–H and O–H groups in total. The molecule has 1 aromatic rings. The smallest absolute Gasteiger partial charge is 0.279 e. The maximum Gasteiger partial charge on any atom is 0.279 e. The molecule has 0 radical (unpaired) electrons. The van der Waals surface area contributed by atoms with Crippen molar-refractivity contribution in [2.75, 3.05) is 26.2 Å². The van der Waals surface area contributed by atoms with E-state index in [0.717, 1.165) is 24.8 Å². The molecule has 2 heterocycles. The normalized spacial score (nSPS) is 25.8. The molecule has 0 aliphatic carbocycles. The van der Waals surface area contributed by atoms with Crippen molar-refractivity contribution < 1.29 is 13.2 Å². The lowest BCUT2D eigenvalue weighted by molar-refractivity contribution is -0.127. The largest absolute Gasteiger partial charge is 0.341 e. The molecular formula is C17H25N3O3S. The summed E-state index contributed by atoms with van der Waals surface area (Å²) in [6, 6.07) is 9.54. The van der Waals surface area contributed by atoms with Crippen molar-refractivity contribution in [3.8, 4) is 0 Å². The maximum absolute atomic E-state index is 12.7. The van der Waals surface area contributed by atoms with Gasteiger partial charge in [0.1, 0.15) is 0 Å². The van der Waals surface area contributed by atoms with Gasteiger partial charge in [-0.2, -0.15) is 17.4 Å². The van der Waals surface area contributed by atoms with Crippen molar-refractivity contribution in [2.24, 2.45) is 0 Å². The molecule has 2 fully saturated rings. The molecule has 0 spiro atoms. The van der Waals surface area contributed by atoms with Crippen molar-refractivity contribution in [2.45, 2.75) is 38.1 Å². The number of benzene rings is 1. The van der Waals surface area contributed by atoms with Crippen LogP contribution < -0.4 is 4.72 Å². The van der Waals surface area contributed by atoms with E-state index in [2.05, 4.69) is 4.72 Å². The van der Waals surface area contributed by atoms with Crippen LogP contribution in [0.15, 0.2) is 30.3 Å². The Bertz CT molecular complexity index is 672. The molecule has 0 bridgehead atoms. The van der Waals surface area contributed by atoms with Crippen molar-refractivity contribution in [1.29, 1.82) is 0 Å². The summed E-state index contributed by atoms with van der Waals surface area (Å²) in [5.74, 6) is -0.0368. The second-order valence-electron chi connectivity index (χ2n) is 6.63. The van der Waals surface area contributed by atoms with Crippen molar-refractivity contribution in [3.63, 3.8) is 0 Å². The zero-order valence-corrected chi connectivity index (χ0v) is 14.8. The topological polar surface area (TPSA) is 69.7 Å². The number of carbonyl (C=O) groups excluding carboxylic acids is 1. The number of carbonyl (C=O) groups is 1. The summed E-state index contributed by atoms with van der Waals surface area (Å²) in [5.41, 5.74) is 1.06. The van der Waals surface area contributed by atoms with E-state index in [1.54, 1.807) is 4.90 Å². The van der Waals surface area contributed by atoms with Crippen LogP contribution in [0.2, 0.25) is 0 Å². The van der Waals surface area contributed by atoms with Crippen LogP contribution in [0.1, 0.15) is 37.7 Å². The highest BCUT2D eigenvalue weighted by Gasteiger charge is 2.38. The first kappa shape index (κ1) is 17.4. The standard InChI is InChI=1S/C17H25N3O3S/c1-14(21)19-12-16(15-8-4-2-5-9-15)17(13-19)18-24(22,23)20-10-6-3-7-11-20/h2,4-5,8-9,16-18H,3,6-7,10-13H2,1H3/t16-,17+/m0/s1. The molecule has 24 heavy (non-hydrogen) atoms. The van der Waals surface area contributed by atoms with Crippen LogP contribution in [-0.4, -0.2) is 55.8 Å². The number of likely N-dealkylation sites (tertiary alicyclic amines) is 1. The second kappa shape index (κ2) is 7.21. The molecule has 2 atom stereocenters. The van der Waals surface area contributed by atoms with Crippen molar-refractivity contribution in [3.05, 3.63) is 35.9 Å². The lowest BCUT2D eigenvalue weighted by Crippen LogP contribution is -2.49. The van der Waals surface area contributed by atoms with Gasteiger partial charge >= 0.3 is 0 Å². The fraction of sp³-hybridized carbons (Fsp3) is 0.588. The maximum atomic E-state index is 12.7. The SMILES string of the molecule is CC(=O)N1C[C@@H](NS(=O)(=O)N2CCCCC2)[C@H](c2ccccc2)C1. The fourth-order valence-electron chi connectivity index (χ4n) is 3.59. The second-order valence-corrected chi connectivity index (χ2v) is 8.33. The minimum Gasteiger partial charge on any atom is -0.341 e. The Kier molecular flexibility index (Phi) is 5.22. The molecule has 0 saturated carbocycles. The first-order valence-corrected chi connectivity index (χ1v) is 9.99. The van der Waals surface area contributed by atoms with Crippen LogP contribution in [0.4, 0.5) is 0 Å². The Morgan fingerprint density at radius 2 is 1.75 bits per heavy atom. The Morgan fingerprint density at radius 1 is 1.08 bits per heavy atom. The van der Waals surface area contributed by atoms with E-state index in [1.165, 1.54) is 11.2 Å². The number of hydrogen-bond donors (Lipinski definition) is 1. The molecule has 6 nitrogen and oxygen atoms in total. The van der Waals surface area contributed by atoms with Gasteiger partial charge in [0.05, 0.1) is 0 Å². The Hall–Kier alpha value is -1.44. The molecular weight excluding hydrogens is 326 g/mol. The minimum atomic E-state index is -3.51. The number of nitrogens with one attached hydrogen (secondary N) is 1. The molecule has 3 rings (SSSR count).